The zero-order chi connectivity index (χ0) is 17.8. The zero-order valence-corrected chi connectivity index (χ0v) is 15.0. The van der Waals surface area contributed by atoms with E-state index in [9.17, 15) is 9.59 Å². The lowest BCUT2D eigenvalue weighted by Crippen LogP contribution is -2.41. The summed E-state index contributed by atoms with van der Waals surface area (Å²) in [7, 11) is 0. The first-order valence-electron chi connectivity index (χ1n) is 9.12. The molecule has 2 aromatic rings. The Morgan fingerprint density at radius 2 is 2.12 bits per heavy atom. The summed E-state index contributed by atoms with van der Waals surface area (Å²) in [5, 5.41) is 0. The largest absolute Gasteiger partial charge is 0.464 e. The number of nitrogens with zero attached hydrogens (tertiary/aromatic N) is 2. The van der Waals surface area contributed by atoms with Crippen molar-refractivity contribution < 1.29 is 9.21 Å². The zero-order valence-electron chi connectivity index (χ0n) is 15.0. The van der Waals surface area contributed by atoms with E-state index >= 15 is 0 Å². The highest BCUT2D eigenvalue weighted by atomic mass is 16.3. The Morgan fingerprint density at radius 3 is 2.84 bits per heavy atom. The van der Waals surface area contributed by atoms with Gasteiger partial charge in [-0.2, -0.15) is 0 Å². The van der Waals surface area contributed by atoms with Crippen LogP contribution in [0.15, 0.2) is 45.7 Å². The molecule has 0 unspecified atom stereocenters. The summed E-state index contributed by atoms with van der Waals surface area (Å²) < 4.78 is 7.52. The summed E-state index contributed by atoms with van der Waals surface area (Å²) in [5.74, 6) is 2.49. The van der Waals surface area contributed by atoms with Crippen molar-refractivity contribution in [3.63, 3.8) is 0 Å². The fourth-order valence-corrected chi connectivity index (χ4v) is 3.48. The first-order chi connectivity index (χ1) is 12.1. The minimum Gasteiger partial charge on any atom is -0.464 e. The summed E-state index contributed by atoms with van der Waals surface area (Å²) in [6.07, 6.45) is 4.84. The lowest BCUT2D eigenvalue weighted by molar-refractivity contribution is -0.136. The number of rotatable bonds is 5. The summed E-state index contributed by atoms with van der Waals surface area (Å²) in [4.78, 5) is 26.6. The Balaban J connectivity index is 1.72. The quantitative estimate of drug-likeness (QED) is 0.837. The smallest absolute Gasteiger partial charge is 0.250 e. The third kappa shape index (κ3) is 4.03. The van der Waals surface area contributed by atoms with Gasteiger partial charge in [-0.15, -0.1) is 0 Å². The van der Waals surface area contributed by atoms with Crippen molar-refractivity contribution in [1.82, 2.24) is 9.47 Å². The van der Waals surface area contributed by atoms with Gasteiger partial charge in [0.15, 0.2) is 0 Å². The highest BCUT2D eigenvalue weighted by molar-refractivity contribution is 5.76. The molecule has 0 aromatic carbocycles. The second kappa shape index (κ2) is 7.72. The van der Waals surface area contributed by atoms with Crippen molar-refractivity contribution in [2.75, 3.05) is 6.54 Å². The molecule has 0 aliphatic carbocycles. The molecule has 0 N–H and O–H groups in total. The highest BCUT2D eigenvalue weighted by Crippen LogP contribution is 2.35. The fraction of sp³-hybridized carbons (Fsp3) is 0.500. The molecule has 1 amide bonds. The lowest BCUT2D eigenvalue weighted by Gasteiger charge is -2.37. The molecule has 5 nitrogen and oxygen atoms in total. The van der Waals surface area contributed by atoms with E-state index in [-0.39, 0.29) is 17.5 Å². The molecule has 134 valence electrons. The van der Waals surface area contributed by atoms with Crippen molar-refractivity contribution in [1.29, 1.82) is 0 Å². The summed E-state index contributed by atoms with van der Waals surface area (Å²) >= 11 is 0. The molecule has 1 fully saturated rings. The van der Waals surface area contributed by atoms with Crippen molar-refractivity contribution in [3.05, 3.63) is 58.4 Å². The average Bonchev–Trinajstić information content (AvgIpc) is 3.10. The minimum atomic E-state index is -0.0715. The number of aromatic nitrogens is 1. The second-order valence-electron chi connectivity index (χ2n) is 6.87. The molecule has 0 saturated carbocycles. The topological polar surface area (TPSA) is 55.5 Å². The molecule has 1 aliphatic rings. The summed E-state index contributed by atoms with van der Waals surface area (Å²) in [5.41, 5.74) is -0.0715. The van der Waals surface area contributed by atoms with Gasteiger partial charge >= 0.3 is 0 Å². The molecule has 3 heterocycles. The number of likely N-dealkylation sites (tertiary alicyclic amines) is 1. The number of aryl methyl sites for hydroxylation is 2. The van der Waals surface area contributed by atoms with Gasteiger partial charge in [-0.1, -0.05) is 19.9 Å². The second-order valence-corrected chi connectivity index (χ2v) is 6.87. The van der Waals surface area contributed by atoms with Crippen LogP contribution in [-0.4, -0.2) is 21.9 Å². The van der Waals surface area contributed by atoms with Gasteiger partial charge in [-0.05, 0) is 37.0 Å². The summed E-state index contributed by atoms with van der Waals surface area (Å²) in [6.45, 7) is 5.45. The van der Waals surface area contributed by atoms with Gasteiger partial charge in [0, 0.05) is 38.2 Å². The van der Waals surface area contributed by atoms with Gasteiger partial charge in [0.25, 0.3) is 5.56 Å². The van der Waals surface area contributed by atoms with Gasteiger partial charge in [-0.25, -0.2) is 0 Å². The van der Waals surface area contributed by atoms with E-state index in [1.54, 1.807) is 16.8 Å². The van der Waals surface area contributed by atoms with E-state index in [1.165, 1.54) is 6.07 Å². The van der Waals surface area contributed by atoms with Crippen LogP contribution < -0.4 is 5.56 Å². The van der Waals surface area contributed by atoms with Gasteiger partial charge in [0.1, 0.15) is 11.5 Å². The molecule has 0 spiro atoms. The predicted octanol–water partition coefficient (Wildman–Crippen LogP) is 3.39. The van der Waals surface area contributed by atoms with Crippen LogP contribution in [0.5, 0.6) is 0 Å². The Bertz CT molecular complexity index is 777. The van der Waals surface area contributed by atoms with Crippen molar-refractivity contribution in [2.45, 2.75) is 52.1 Å². The van der Waals surface area contributed by atoms with Crippen molar-refractivity contribution in [2.24, 2.45) is 5.92 Å². The number of carbonyl (C=O) groups excluding carboxylic acids is 1. The molecule has 2 aromatic heterocycles. The Kier molecular flexibility index (Phi) is 5.41. The van der Waals surface area contributed by atoms with E-state index in [1.807, 2.05) is 23.1 Å². The van der Waals surface area contributed by atoms with Crippen LogP contribution in [-0.2, 0) is 17.8 Å². The van der Waals surface area contributed by atoms with E-state index in [2.05, 4.69) is 13.8 Å². The van der Waals surface area contributed by atoms with Crippen molar-refractivity contribution >= 4 is 5.91 Å². The number of amides is 1. The Labute approximate surface area is 148 Å². The normalized spacial score (nSPS) is 20.6. The standard InChI is InChI=1S/C20H26N2O3/c1-3-16-7-8-18(25-16)17-14-15(2)9-13-22(17)20(24)10-12-21-11-5-4-6-19(21)23/h4-8,11,15,17H,3,9-10,12-14H2,1-2H3/t15-,17-/m1/s1. The van der Waals surface area contributed by atoms with Crippen LogP contribution in [0, 0.1) is 5.92 Å². The monoisotopic (exact) mass is 342 g/mol. The third-order valence-corrected chi connectivity index (χ3v) is 5.01. The molecule has 3 rings (SSSR count). The van der Waals surface area contributed by atoms with Crippen LogP contribution in [0.2, 0.25) is 0 Å². The maximum atomic E-state index is 12.8. The van der Waals surface area contributed by atoms with Crippen LogP contribution >= 0.6 is 0 Å². The number of hydrogen-bond donors (Lipinski definition) is 0. The maximum absolute atomic E-state index is 12.8. The fourth-order valence-electron chi connectivity index (χ4n) is 3.48. The molecule has 1 saturated heterocycles. The third-order valence-electron chi connectivity index (χ3n) is 5.01. The van der Waals surface area contributed by atoms with Gasteiger partial charge in [0.2, 0.25) is 5.91 Å². The molecular weight excluding hydrogens is 316 g/mol. The van der Waals surface area contributed by atoms with Crippen molar-refractivity contribution in [3.8, 4) is 0 Å². The molecular formula is C20H26N2O3. The van der Waals surface area contributed by atoms with E-state index in [0.29, 0.717) is 18.9 Å². The number of pyridine rings is 1. The lowest BCUT2D eigenvalue weighted by atomic mass is 9.91. The van der Waals surface area contributed by atoms with Crippen LogP contribution in [0.3, 0.4) is 0 Å². The first-order valence-corrected chi connectivity index (χ1v) is 9.12. The molecule has 5 heteroatoms. The van der Waals surface area contributed by atoms with Gasteiger partial charge < -0.3 is 13.9 Å². The molecule has 2 atom stereocenters. The van der Waals surface area contributed by atoms with Crippen LogP contribution in [0.25, 0.3) is 0 Å². The summed E-state index contributed by atoms with van der Waals surface area (Å²) in [6, 6.07) is 9.05. The first kappa shape index (κ1) is 17.5. The molecule has 0 radical (unpaired) electrons. The highest BCUT2D eigenvalue weighted by Gasteiger charge is 2.32. The minimum absolute atomic E-state index is 0.00375. The average molecular weight is 342 g/mol. The van der Waals surface area contributed by atoms with Crippen LogP contribution in [0.4, 0.5) is 0 Å². The van der Waals surface area contributed by atoms with E-state index < -0.39 is 0 Å². The SMILES string of the molecule is CCc1ccc([C@H]2C[C@H](C)CCN2C(=O)CCn2ccccc2=O)o1. The van der Waals surface area contributed by atoms with Gasteiger partial charge in [-0.3, -0.25) is 9.59 Å². The van der Waals surface area contributed by atoms with Crippen LogP contribution in [0.1, 0.15) is 50.7 Å². The molecule has 0 bridgehead atoms. The Morgan fingerprint density at radius 1 is 1.28 bits per heavy atom. The van der Waals surface area contributed by atoms with E-state index in [4.69, 9.17) is 4.42 Å². The Hall–Kier alpha value is -2.30. The molecule has 25 heavy (non-hydrogen) atoms. The maximum Gasteiger partial charge on any atom is 0.250 e. The molecule has 1 aliphatic heterocycles. The number of carbonyl (C=O) groups is 1. The number of furan rings is 1. The number of hydrogen-bond acceptors (Lipinski definition) is 3. The van der Waals surface area contributed by atoms with Gasteiger partial charge in [0.05, 0.1) is 6.04 Å². The van der Waals surface area contributed by atoms with E-state index in [0.717, 1.165) is 37.3 Å². The number of piperidine rings is 1. The predicted molar refractivity (Wildman–Crippen MR) is 96.3 cm³/mol.